The van der Waals surface area contributed by atoms with Crippen molar-refractivity contribution in [2.24, 2.45) is 0 Å². The minimum absolute atomic E-state index is 0.596. The van der Waals surface area contributed by atoms with Gasteiger partial charge in [0.25, 0.3) is 0 Å². The summed E-state index contributed by atoms with van der Waals surface area (Å²) in [6, 6.07) is 11.4. The lowest BCUT2D eigenvalue weighted by molar-refractivity contribution is 0.138. The molecule has 0 bridgehead atoms. The van der Waals surface area contributed by atoms with Gasteiger partial charge in [0, 0.05) is 6.04 Å². The molecule has 1 saturated heterocycles. The van der Waals surface area contributed by atoms with Crippen LogP contribution in [0.5, 0.6) is 0 Å². The fourth-order valence-electron chi connectivity index (χ4n) is 2.86. The Kier molecular flexibility index (Phi) is 4.57. The molecule has 2 nitrogen and oxygen atoms in total. The van der Waals surface area contributed by atoms with E-state index in [-0.39, 0.29) is 0 Å². The molecule has 0 spiro atoms. The molecule has 0 aromatic heterocycles. The molecule has 2 rings (SSSR count). The summed E-state index contributed by atoms with van der Waals surface area (Å²) in [5.41, 5.74) is 1.44. The first-order valence-electron chi connectivity index (χ1n) is 6.84. The van der Waals surface area contributed by atoms with Crippen LogP contribution < -0.4 is 5.32 Å². The highest BCUT2D eigenvalue weighted by atomic mass is 15.3. The van der Waals surface area contributed by atoms with Crippen LogP contribution in [0.4, 0.5) is 0 Å². The van der Waals surface area contributed by atoms with Crippen molar-refractivity contribution in [1.82, 2.24) is 10.2 Å². The zero-order chi connectivity index (χ0) is 12.1. The van der Waals surface area contributed by atoms with Gasteiger partial charge in [-0.15, -0.1) is 0 Å². The molecule has 1 aromatic rings. The van der Waals surface area contributed by atoms with Crippen molar-refractivity contribution in [3.05, 3.63) is 35.9 Å². The van der Waals surface area contributed by atoms with Crippen molar-refractivity contribution in [1.29, 1.82) is 0 Å². The quantitative estimate of drug-likeness (QED) is 0.839. The Hall–Kier alpha value is -0.860. The third kappa shape index (κ3) is 3.30. The van der Waals surface area contributed by atoms with Crippen LogP contribution >= 0.6 is 0 Å². The average molecular weight is 232 g/mol. The maximum Gasteiger partial charge on any atom is 0.0599 e. The highest BCUT2D eigenvalue weighted by molar-refractivity contribution is 5.15. The Morgan fingerprint density at radius 1 is 1.35 bits per heavy atom. The summed E-state index contributed by atoms with van der Waals surface area (Å²) in [4.78, 5) is 2.60. The first-order chi connectivity index (χ1) is 8.31. The smallest absolute Gasteiger partial charge is 0.0599 e. The van der Waals surface area contributed by atoms with Crippen LogP contribution in [0.3, 0.4) is 0 Å². The summed E-state index contributed by atoms with van der Waals surface area (Å²) in [5.74, 6) is 0. The molecule has 0 saturated carbocycles. The van der Waals surface area contributed by atoms with E-state index in [9.17, 15) is 0 Å². The summed E-state index contributed by atoms with van der Waals surface area (Å²) in [7, 11) is 0. The monoisotopic (exact) mass is 232 g/mol. The minimum atomic E-state index is 0.596. The Morgan fingerprint density at radius 3 is 2.71 bits per heavy atom. The molecule has 2 heteroatoms. The van der Waals surface area contributed by atoms with Crippen molar-refractivity contribution >= 4 is 0 Å². The van der Waals surface area contributed by atoms with Gasteiger partial charge < -0.3 is 5.32 Å². The molecule has 1 aliphatic heterocycles. The standard InChI is InChI=1S/C15H24N2/c1-3-17(15-10-7-11-16-15)13(2)12-14-8-5-4-6-9-14/h4-6,8-9,13,15-16H,3,7,10-12H2,1-2H3. The summed E-state index contributed by atoms with van der Waals surface area (Å²) < 4.78 is 0. The first-order valence-corrected chi connectivity index (χ1v) is 6.84. The zero-order valence-electron chi connectivity index (χ0n) is 11.0. The largest absolute Gasteiger partial charge is 0.302 e. The Labute approximate surface area is 105 Å². The van der Waals surface area contributed by atoms with E-state index in [1.807, 2.05) is 0 Å². The van der Waals surface area contributed by atoms with E-state index < -0.39 is 0 Å². The molecule has 94 valence electrons. The van der Waals surface area contributed by atoms with Gasteiger partial charge in [0.2, 0.25) is 0 Å². The van der Waals surface area contributed by atoms with E-state index in [0.717, 1.165) is 13.0 Å². The fourth-order valence-corrected chi connectivity index (χ4v) is 2.86. The highest BCUT2D eigenvalue weighted by Crippen LogP contribution is 2.16. The minimum Gasteiger partial charge on any atom is -0.302 e. The highest BCUT2D eigenvalue weighted by Gasteiger charge is 2.24. The molecular weight excluding hydrogens is 208 g/mol. The van der Waals surface area contributed by atoms with E-state index in [4.69, 9.17) is 0 Å². The second-order valence-corrected chi connectivity index (χ2v) is 4.98. The Balaban J connectivity index is 1.95. The van der Waals surface area contributed by atoms with Crippen LogP contribution in [0.25, 0.3) is 0 Å². The number of hydrogen-bond acceptors (Lipinski definition) is 2. The third-order valence-electron chi connectivity index (χ3n) is 3.74. The molecule has 1 heterocycles. The average Bonchev–Trinajstić information content (AvgIpc) is 2.85. The molecule has 0 radical (unpaired) electrons. The second kappa shape index (κ2) is 6.18. The Bertz CT molecular complexity index is 317. The number of benzene rings is 1. The number of rotatable bonds is 5. The van der Waals surface area contributed by atoms with Gasteiger partial charge in [-0.25, -0.2) is 0 Å². The lowest BCUT2D eigenvalue weighted by Gasteiger charge is -2.33. The number of hydrogen-bond donors (Lipinski definition) is 1. The van der Waals surface area contributed by atoms with Gasteiger partial charge in [-0.3, -0.25) is 4.90 Å². The Morgan fingerprint density at radius 2 is 2.12 bits per heavy atom. The van der Waals surface area contributed by atoms with E-state index in [1.54, 1.807) is 0 Å². The molecule has 1 N–H and O–H groups in total. The maximum atomic E-state index is 3.60. The van der Waals surface area contributed by atoms with Crippen molar-refractivity contribution < 1.29 is 0 Å². The number of nitrogens with zero attached hydrogens (tertiary/aromatic N) is 1. The molecule has 1 fully saturated rings. The van der Waals surface area contributed by atoms with Gasteiger partial charge in [-0.1, -0.05) is 37.3 Å². The van der Waals surface area contributed by atoms with Gasteiger partial charge in [0.1, 0.15) is 0 Å². The zero-order valence-corrected chi connectivity index (χ0v) is 11.0. The van der Waals surface area contributed by atoms with Crippen molar-refractivity contribution in [3.63, 3.8) is 0 Å². The first kappa shape index (κ1) is 12.6. The topological polar surface area (TPSA) is 15.3 Å². The molecule has 0 amide bonds. The molecule has 2 atom stereocenters. The molecule has 17 heavy (non-hydrogen) atoms. The maximum absolute atomic E-state index is 3.60. The van der Waals surface area contributed by atoms with Crippen LogP contribution in [0.2, 0.25) is 0 Å². The number of nitrogens with one attached hydrogen (secondary N) is 1. The molecule has 1 aromatic carbocycles. The van der Waals surface area contributed by atoms with E-state index in [2.05, 4.69) is 54.4 Å². The second-order valence-electron chi connectivity index (χ2n) is 4.98. The van der Waals surface area contributed by atoms with Gasteiger partial charge >= 0.3 is 0 Å². The van der Waals surface area contributed by atoms with Crippen LogP contribution in [0, 0.1) is 0 Å². The van der Waals surface area contributed by atoms with E-state index in [0.29, 0.717) is 12.2 Å². The van der Waals surface area contributed by atoms with Crippen LogP contribution in [-0.4, -0.2) is 30.2 Å². The summed E-state index contributed by atoms with van der Waals surface area (Å²) in [5, 5.41) is 3.60. The predicted octanol–water partition coefficient (Wildman–Crippen LogP) is 2.65. The van der Waals surface area contributed by atoms with Crippen molar-refractivity contribution in [3.8, 4) is 0 Å². The lowest BCUT2D eigenvalue weighted by atomic mass is 10.1. The van der Waals surface area contributed by atoms with Crippen molar-refractivity contribution in [2.75, 3.05) is 13.1 Å². The SMILES string of the molecule is CCN(C(C)Cc1ccccc1)C1CCCN1. The molecule has 1 aliphatic rings. The van der Waals surface area contributed by atoms with Crippen LogP contribution in [0.1, 0.15) is 32.3 Å². The van der Waals surface area contributed by atoms with Gasteiger partial charge in [-0.2, -0.15) is 0 Å². The van der Waals surface area contributed by atoms with Crippen LogP contribution in [0.15, 0.2) is 30.3 Å². The summed E-state index contributed by atoms with van der Waals surface area (Å²) >= 11 is 0. The number of likely N-dealkylation sites (N-methyl/N-ethyl adjacent to an activating group) is 1. The van der Waals surface area contributed by atoms with E-state index in [1.165, 1.54) is 24.9 Å². The van der Waals surface area contributed by atoms with Gasteiger partial charge in [-0.05, 0) is 44.8 Å². The van der Waals surface area contributed by atoms with Crippen molar-refractivity contribution in [2.45, 2.75) is 45.3 Å². The normalized spacial score (nSPS) is 21.9. The molecule has 0 aliphatic carbocycles. The van der Waals surface area contributed by atoms with Crippen LogP contribution in [-0.2, 0) is 6.42 Å². The van der Waals surface area contributed by atoms with Gasteiger partial charge in [0.15, 0.2) is 0 Å². The molecule has 2 unspecified atom stereocenters. The third-order valence-corrected chi connectivity index (χ3v) is 3.74. The summed E-state index contributed by atoms with van der Waals surface area (Å²) in [6.07, 6.45) is 4.36. The van der Waals surface area contributed by atoms with Gasteiger partial charge in [0.05, 0.1) is 6.17 Å². The van der Waals surface area contributed by atoms with E-state index >= 15 is 0 Å². The summed E-state index contributed by atoms with van der Waals surface area (Å²) in [6.45, 7) is 6.92. The fraction of sp³-hybridized carbons (Fsp3) is 0.600. The molecular formula is C15H24N2. The lowest BCUT2D eigenvalue weighted by Crippen LogP contribution is -2.47. The predicted molar refractivity (Wildman–Crippen MR) is 73.0 cm³/mol.